The first-order chi connectivity index (χ1) is 8.93. The third-order valence-electron chi connectivity index (χ3n) is 4.68. The molecule has 1 saturated carbocycles. The second-order valence-corrected chi connectivity index (χ2v) is 5.84. The molecule has 1 aromatic heterocycles. The van der Waals surface area contributed by atoms with Gasteiger partial charge in [0.25, 0.3) is 0 Å². The van der Waals surface area contributed by atoms with Gasteiger partial charge in [-0.2, -0.15) is 0 Å². The number of hydrogen-bond acceptors (Lipinski definition) is 1. The summed E-state index contributed by atoms with van der Waals surface area (Å²) < 4.78 is 2.53. The highest BCUT2D eigenvalue weighted by molar-refractivity contribution is 5.80. The summed E-state index contributed by atoms with van der Waals surface area (Å²) in [5.74, 6) is 2.11. The number of hydrogen-bond donors (Lipinski definition) is 0. The van der Waals surface area contributed by atoms with Crippen LogP contribution >= 0.6 is 0 Å². The number of imidazole rings is 1. The van der Waals surface area contributed by atoms with E-state index >= 15 is 0 Å². The number of rotatable bonds is 1. The van der Waals surface area contributed by atoms with Gasteiger partial charge in [-0.05, 0) is 37.3 Å². The van der Waals surface area contributed by atoms with E-state index in [-0.39, 0.29) is 0 Å². The predicted molar refractivity (Wildman–Crippen MR) is 73.9 cm³/mol. The third kappa shape index (κ3) is 1.51. The van der Waals surface area contributed by atoms with Crippen LogP contribution in [0.1, 0.15) is 55.8 Å². The maximum Gasteiger partial charge on any atom is 0.112 e. The van der Waals surface area contributed by atoms with Crippen LogP contribution in [0.15, 0.2) is 18.2 Å². The minimum Gasteiger partial charge on any atom is -0.328 e. The number of benzene rings is 1. The molecule has 2 heteroatoms. The second kappa shape index (κ2) is 4.11. The Morgan fingerprint density at radius 2 is 1.94 bits per heavy atom. The molecule has 2 aromatic rings. The average Bonchev–Trinajstić information content (AvgIpc) is 2.82. The maximum absolute atomic E-state index is 4.97. The van der Waals surface area contributed by atoms with Crippen LogP contribution in [0.2, 0.25) is 0 Å². The summed E-state index contributed by atoms with van der Waals surface area (Å²) in [7, 11) is 0. The van der Waals surface area contributed by atoms with E-state index in [1.54, 1.807) is 0 Å². The monoisotopic (exact) mass is 240 g/mol. The molecule has 0 bridgehead atoms. The summed E-state index contributed by atoms with van der Waals surface area (Å²) in [6.07, 6.45) is 9.40. The Hall–Kier alpha value is -1.31. The molecular formula is C16H20N2. The van der Waals surface area contributed by atoms with Gasteiger partial charge in [0.1, 0.15) is 5.82 Å². The summed E-state index contributed by atoms with van der Waals surface area (Å²) in [6.45, 7) is 1.18. The van der Waals surface area contributed by atoms with Crippen LogP contribution in [0.5, 0.6) is 0 Å². The summed E-state index contributed by atoms with van der Waals surface area (Å²) >= 11 is 0. The first-order valence-electron chi connectivity index (χ1n) is 7.41. The van der Waals surface area contributed by atoms with Crippen LogP contribution in [0, 0.1) is 0 Å². The van der Waals surface area contributed by atoms with Gasteiger partial charge in [-0.25, -0.2) is 4.98 Å². The fraction of sp³-hybridized carbons (Fsp3) is 0.562. The summed E-state index contributed by atoms with van der Waals surface area (Å²) in [6, 6.07) is 6.64. The zero-order chi connectivity index (χ0) is 11.9. The standard InChI is InChI=1S/C16H20N2/c1-2-6-13(7-3-1)16-17-14-10-4-8-12-9-5-11-18(16)15(12)14/h4,8,10,13H,1-3,5-7,9,11H2. The molecule has 1 aliphatic heterocycles. The SMILES string of the molecule is c1cc2c3c(c1)nc(C1CCCCC1)n3CCC2. The molecule has 2 nitrogen and oxygen atoms in total. The van der Waals surface area contributed by atoms with Gasteiger partial charge in [-0.1, -0.05) is 31.4 Å². The van der Waals surface area contributed by atoms with Crippen molar-refractivity contribution in [1.29, 1.82) is 0 Å². The normalized spacial score (nSPS) is 20.4. The molecule has 1 aliphatic carbocycles. The van der Waals surface area contributed by atoms with Crippen molar-refractivity contribution < 1.29 is 0 Å². The first kappa shape index (κ1) is 10.6. The van der Waals surface area contributed by atoms with E-state index in [4.69, 9.17) is 4.98 Å². The van der Waals surface area contributed by atoms with Crippen LogP contribution < -0.4 is 0 Å². The van der Waals surface area contributed by atoms with E-state index in [1.165, 1.54) is 73.9 Å². The first-order valence-corrected chi connectivity index (χ1v) is 7.41. The molecule has 0 atom stereocenters. The van der Waals surface area contributed by atoms with Crippen molar-refractivity contribution in [3.63, 3.8) is 0 Å². The van der Waals surface area contributed by atoms with Gasteiger partial charge in [-0.3, -0.25) is 0 Å². The van der Waals surface area contributed by atoms with E-state index in [9.17, 15) is 0 Å². The van der Waals surface area contributed by atoms with Crippen molar-refractivity contribution in [1.82, 2.24) is 9.55 Å². The lowest BCUT2D eigenvalue weighted by molar-refractivity contribution is 0.413. The van der Waals surface area contributed by atoms with Gasteiger partial charge < -0.3 is 4.57 Å². The number of aromatic nitrogens is 2. The van der Waals surface area contributed by atoms with Crippen LogP contribution in [-0.2, 0) is 13.0 Å². The molecule has 18 heavy (non-hydrogen) atoms. The Morgan fingerprint density at radius 1 is 1.06 bits per heavy atom. The smallest absolute Gasteiger partial charge is 0.112 e. The minimum atomic E-state index is 0.720. The quantitative estimate of drug-likeness (QED) is 0.736. The number of para-hydroxylation sites is 1. The van der Waals surface area contributed by atoms with Crippen LogP contribution in [0.3, 0.4) is 0 Å². The van der Waals surface area contributed by atoms with Crippen molar-refractivity contribution in [2.24, 2.45) is 0 Å². The van der Waals surface area contributed by atoms with Crippen molar-refractivity contribution in [2.45, 2.75) is 57.4 Å². The highest BCUT2D eigenvalue weighted by Gasteiger charge is 2.24. The Kier molecular flexibility index (Phi) is 2.42. The topological polar surface area (TPSA) is 17.8 Å². The molecule has 94 valence electrons. The number of nitrogens with zero attached hydrogens (tertiary/aromatic N) is 2. The van der Waals surface area contributed by atoms with E-state index in [0.717, 1.165) is 5.92 Å². The lowest BCUT2D eigenvalue weighted by Gasteiger charge is -2.24. The third-order valence-corrected chi connectivity index (χ3v) is 4.68. The molecule has 4 rings (SSSR count). The van der Waals surface area contributed by atoms with Crippen molar-refractivity contribution >= 4 is 11.0 Å². The Morgan fingerprint density at radius 3 is 2.83 bits per heavy atom. The highest BCUT2D eigenvalue weighted by Crippen LogP contribution is 2.36. The van der Waals surface area contributed by atoms with Crippen LogP contribution in [-0.4, -0.2) is 9.55 Å². The Balaban J connectivity index is 1.88. The fourth-order valence-electron chi connectivity index (χ4n) is 3.81. The van der Waals surface area contributed by atoms with Gasteiger partial charge >= 0.3 is 0 Å². The van der Waals surface area contributed by atoms with Crippen molar-refractivity contribution in [3.8, 4) is 0 Å². The summed E-state index contributed by atoms with van der Waals surface area (Å²) in [4.78, 5) is 4.97. The van der Waals surface area contributed by atoms with E-state index in [0.29, 0.717) is 0 Å². The zero-order valence-electron chi connectivity index (χ0n) is 10.9. The molecule has 0 amide bonds. The molecule has 1 aromatic carbocycles. The molecular weight excluding hydrogens is 220 g/mol. The summed E-state index contributed by atoms with van der Waals surface area (Å²) in [5.41, 5.74) is 4.17. The minimum absolute atomic E-state index is 0.720. The van der Waals surface area contributed by atoms with Crippen molar-refractivity contribution in [2.75, 3.05) is 0 Å². The number of aryl methyl sites for hydroxylation is 2. The van der Waals surface area contributed by atoms with E-state index in [1.807, 2.05) is 0 Å². The molecule has 0 radical (unpaired) electrons. The predicted octanol–water partition coefficient (Wildman–Crippen LogP) is 4.03. The lowest BCUT2D eigenvalue weighted by Crippen LogP contribution is -2.15. The molecule has 0 unspecified atom stereocenters. The van der Waals surface area contributed by atoms with E-state index < -0.39 is 0 Å². The molecule has 0 saturated heterocycles. The fourth-order valence-corrected chi connectivity index (χ4v) is 3.81. The molecule has 1 fully saturated rings. The van der Waals surface area contributed by atoms with E-state index in [2.05, 4.69) is 22.8 Å². The zero-order valence-corrected chi connectivity index (χ0v) is 10.9. The Bertz CT molecular complexity index is 576. The van der Waals surface area contributed by atoms with Gasteiger partial charge in [0.15, 0.2) is 0 Å². The largest absolute Gasteiger partial charge is 0.328 e. The molecule has 2 aliphatic rings. The highest BCUT2D eigenvalue weighted by atomic mass is 15.1. The molecule has 0 N–H and O–H groups in total. The maximum atomic E-state index is 4.97. The van der Waals surface area contributed by atoms with Gasteiger partial charge in [-0.15, -0.1) is 0 Å². The second-order valence-electron chi connectivity index (χ2n) is 5.84. The van der Waals surface area contributed by atoms with Crippen LogP contribution in [0.25, 0.3) is 11.0 Å². The molecule has 2 heterocycles. The summed E-state index contributed by atoms with van der Waals surface area (Å²) in [5, 5.41) is 0. The van der Waals surface area contributed by atoms with Crippen LogP contribution in [0.4, 0.5) is 0 Å². The average molecular weight is 240 g/mol. The lowest BCUT2D eigenvalue weighted by atomic mass is 9.88. The van der Waals surface area contributed by atoms with Crippen molar-refractivity contribution in [3.05, 3.63) is 29.6 Å². The van der Waals surface area contributed by atoms with Gasteiger partial charge in [0.2, 0.25) is 0 Å². The Labute approximate surface area is 108 Å². The van der Waals surface area contributed by atoms with Gasteiger partial charge in [0, 0.05) is 12.5 Å². The molecule has 0 spiro atoms. The van der Waals surface area contributed by atoms with Gasteiger partial charge in [0.05, 0.1) is 11.0 Å².